The van der Waals surface area contributed by atoms with Crippen molar-refractivity contribution in [1.29, 1.82) is 0 Å². The first-order valence-electron chi connectivity index (χ1n) is 12.1. The molecule has 0 aliphatic rings. The molecule has 8 nitrogen and oxygen atoms in total. The van der Waals surface area contributed by atoms with E-state index in [-0.39, 0.29) is 28.0 Å². The van der Waals surface area contributed by atoms with E-state index in [1.54, 1.807) is 50.2 Å². The van der Waals surface area contributed by atoms with Gasteiger partial charge in [-0.05, 0) is 78.5 Å². The summed E-state index contributed by atoms with van der Waals surface area (Å²) in [5.41, 5.74) is 1.41. The number of hydrogen-bond acceptors (Lipinski definition) is 7. The van der Waals surface area contributed by atoms with Crippen molar-refractivity contribution >= 4 is 26.5 Å². The fourth-order valence-corrected chi connectivity index (χ4v) is 4.83. The van der Waals surface area contributed by atoms with Gasteiger partial charge in [-0.3, -0.25) is 4.79 Å². The van der Waals surface area contributed by atoms with Gasteiger partial charge in [0.25, 0.3) is 5.91 Å². The van der Waals surface area contributed by atoms with Crippen LogP contribution in [0.4, 0.5) is 13.2 Å². The number of benzene rings is 3. The number of sulfone groups is 1. The molecule has 0 spiro atoms. The smallest absolute Gasteiger partial charge is 0.438 e. The minimum Gasteiger partial charge on any atom is -0.438 e. The topological polar surface area (TPSA) is 115 Å². The standard InChI is InChI=1S/C28H25F3N2O6S/c1-3-40(36,37)23-11-4-18(5-12-23)25(16-34)33-26(35)19-6-13-24-20(15-19)14-17(2)32-27(24)38-21-7-9-22(10-8-21)39-28(29,30)31/h4-15,25,34H,3,16H2,1-2H3,(H,33,35). The normalized spacial score (nSPS) is 12.7. The molecule has 4 aromatic rings. The second kappa shape index (κ2) is 11.5. The monoisotopic (exact) mass is 574 g/mol. The van der Waals surface area contributed by atoms with E-state index >= 15 is 0 Å². The molecule has 0 fully saturated rings. The quantitative estimate of drug-likeness (QED) is 0.272. The van der Waals surface area contributed by atoms with Crippen LogP contribution in [0.25, 0.3) is 10.8 Å². The molecule has 1 heterocycles. The third-order valence-corrected chi connectivity index (χ3v) is 7.72. The van der Waals surface area contributed by atoms with Crippen LogP contribution in [0.15, 0.2) is 77.7 Å². The molecule has 0 aliphatic heterocycles. The Balaban J connectivity index is 1.53. The van der Waals surface area contributed by atoms with Gasteiger partial charge in [0.2, 0.25) is 5.88 Å². The average Bonchev–Trinajstić information content (AvgIpc) is 2.91. The summed E-state index contributed by atoms with van der Waals surface area (Å²) in [5.74, 6) is -0.468. The summed E-state index contributed by atoms with van der Waals surface area (Å²) in [5, 5.41) is 13.8. The van der Waals surface area contributed by atoms with Gasteiger partial charge in [-0.15, -0.1) is 13.2 Å². The fourth-order valence-electron chi connectivity index (χ4n) is 3.94. The van der Waals surface area contributed by atoms with Crippen LogP contribution in [-0.4, -0.2) is 43.1 Å². The number of hydrogen-bond donors (Lipinski definition) is 2. The Labute approximate surface area is 228 Å². The van der Waals surface area contributed by atoms with Crippen molar-refractivity contribution in [3.63, 3.8) is 0 Å². The number of rotatable bonds is 9. The molecule has 4 rings (SSSR count). The molecule has 3 aromatic carbocycles. The number of aliphatic hydroxyl groups is 1. The van der Waals surface area contributed by atoms with Gasteiger partial charge in [0, 0.05) is 16.6 Å². The zero-order valence-corrected chi connectivity index (χ0v) is 22.2. The average molecular weight is 575 g/mol. The zero-order chi connectivity index (χ0) is 29.1. The molecule has 0 saturated heterocycles. The summed E-state index contributed by atoms with van der Waals surface area (Å²) >= 11 is 0. The maximum atomic E-state index is 13.0. The molecular formula is C28H25F3N2O6S. The van der Waals surface area contributed by atoms with E-state index in [2.05, 4.69) is 15.0 Å². The predicted molar refractivity (Wildman–Crippen MR) is 141 cm³/mol. The molecule has 1 atom stereocenters. The van der Waals surface area contributed by atoms with Crippen LogP contribution in [0.3, 0.4) is 0 Å². The molecule has 0 aliphatic carbocycles. The van der Waals surface area contributed by atoms with Crippen LogP contribution >= 0.6 is 0 Å². The summed E-state index contributed by atoms with van der Waals surface area (Å²) in [4.78, 5) is 17.6. The van der Waals surface area contributed by atoms with Crippen molar-refractivity contribution < 1.29 is 41.0 Å². The van der Waals surface area contributed by atoms with E-state index in [4.69, 9.17) is 4.74 Å². The minimum absolute atomic E-state index is 0.0422. The number of nitrogens with zero attached hydrogens (tertiary/aromatic N) is 1. The van der Waals surface area contributed by atoms with Gasteiger partial charge >= 0.3 is 6.36 Å². The lowest BCUT2D eigenvalue weighted by Crippen LogP contribution is -2.30. The Morgan fingerprint density at radius 3 is 2.25 bits per heavy atom. The first-order valence-corrected chi connectivity index (χ1v) is 13.7. The van der Waals surface area contributed by atoms with Crippen LogP contribution in [0.1, 0.15) is 34.6 Å². The summed E-state index contributed by atoms with van der Waals surface area (Å²) in [6.07, 6.45) is -4.81. The lowest BCUT2D eigenvalue weighted by atomic mass is 10.0. The largest absolute Gasteiger partial charge is 0.573 e. The third kappa shape index (κ3) is 6.88. The Morgan fingerprint density at radius 2 is 1.65 bits per heavy atom. The van der Waals surface area contributed by atoms with E-state index in [1.165, 1.54) is 24.3 Å². The van der Waals surface area contributed by atoms with E-state index in [0.717, 1.165) is 12.1 Å². The highest BCUT2D eigenvalue weighted by Gasteiger charge is 2.31. The molecular weight excluding hydrogens is 549 g/mol. The molecule has 0 bridgehead atoms. The van der Waals surface area contributed by atoms with E-state index < -0.39 is 34.8 Å². The number of nitrogens with one attached hydrogen (secondary N) is 1. The highest BCUT2D eigenvalue weighted by Crippen LogP contribution is 2.31. The van der Waals surface area contributed by atoms with Crippen molar-refractivity contribution in [2.24, 2.45) is 0 Å². The van der Waals surface area contributed by atoms with Gasteiger partial charge in [0.05, 0.1) is 23.3 Å². The molecule has 210 valence electrons. The Hall–Kier alpha value is -4.16. The maximum absolute atomic E-state index is 13.0. The number of alkyl halides is 3. The Morgan fingerprint density at radius 1 is 1.00 bits per heavy atom. The number of carbonyl (C=O) groups is 1. The van der Waals surface area contributed by atoms with Crippen molar-refractivity contribution in [2.45, 2.75) is 31.1 Å². The first kappa shape index (κ1) is 28.8. The number of halogens is 3. The van der Waals surface area contributed by atoms with E-state index in [0.29, 0.717) is 27.6 Å². The maximum Gasteiger partial charge on any atom is 0.573 e. The van der Waals surface area contributed by atoms with Crippen LogP contribution in [0.5, 0.6) is 17.4 Å². The van der Waals surface area contributed by atoms with Gasteiger partial charge in [-0.1, -0.05) is 19.1 Å². The van der Waals surface area contributed by atoms with Crippen LogP contribution in [0, 0.1) is 6.92 Å². The number of fused-ring (bicyclic) bond motifs is 1. The number of ether oxygens (including phenoxy) is 2. The zero-order valence-electron chi connectivity index (χ0n) is 21.4. The number of carbonyl (C=O) groups excluding carboxylic acids is 1. The Kier molecular flexibility index (Phi) is 8.31. The summed E-state index contributed by atoms with van der Waals surface area (Å²) in [6.45, 7) is 2.86. The number of aryl methyl sites for hydroxylation is 1. The van der Waals surface area contributed by atoms with Gasteiger partial charge in [-0.25, -0.2) is 13.4 Å². The molecule has 1 amide bonds. The number of pyridine rings is 1. The predicted octanol–water partition coefficient (Wildman–Crippen LogP) is 5.49. The van der Waals surface area contributed by atoms with Crippen LogP contribution in [0.2, 0.25) is 0 Å². The molecule has 2 N–H and O–H groups in total. The van der Waals surface area contributed by atoms with Crippen molar-refractivity contribution in [3.05, 3.63) is 89.6 Å². The van der Waals surface area contributed by atoms with Gasteiger partial charge < -0.3 is 19.9 Å². The minimum atomic E-state index is -4.81. The van der Waals surface area contributed by atoms with Crippen molar-refractivity contribution in [3.8, 4) is 17.4 Å². The summed E-state index contributed by atoms with van der Waals surface area (Å²) < 4.78 is 71.0. The van der Waals surface area contributed by atoms with Crippen LogP contribution < -0.4 is 14.8 Å². The molecule has 40 heavy (non-hydrogen) atoms. The molecule has 0 radical (unpaired) electrons. The van der Waals surface area contributed by atoms with E-state index in [1.807, 2.05) is 0 Å². The Bertz CT molecular complexity index is 1620. The SMILES string of the molecule is CCS(=O)(=O)c1ccc(C(CO)NC(=O)c2ccc3c(Oc4ccc(OC(F)(F)F)cc4)nc(C)cc3c2)cc1. The number of aromatic nitrogens is 1. The van der Waals surface area contributed by atoms with Gasteiger partial charge in [0.1, 0.15) is 11.5 Å². The highest BCUT2D eigenvalue weighted by atomic mass is 32.2. The fraction of sp³-hybridized carbons (Fsp3) is 0.214. The van der Waals surface area contributed by atoms with Gasteiger partial charge in [-0.2, -0.15) is 0 Å². The molecule has 0 saturated carbocycles. The highest BCUT2D eigenvalue weighted by molar-refractivity contribution is 7.91. The molecule has 12 heteroatoms. The summed E-state index contributed by atoms with van der Waals surface area (Å²) in [7, 11) is -3.38. The van der Waals surface area contributed by atoms with Crippen molar-refractivity contribution in [1.82, 2.24) is 10.3 Å². The second-order valence-electron chi connectivity index (χ2n) is 8.81. The lowest BCUT2D eigenvalue weighted by Gasteiger charge is -2.18. The van der Waals surface area contributed by atoms with Crippen LogP contribution in [-0.2, 0) is 9.84 Å². The first-order chi connectivity index (χ1) is 18.9. The lowest BCUT2D eigenvalue weighted by molar-refractivity contribution is -0.274. The number of aliphatic hydroxyl groups excluding tert-OH is 1. The second-order valence-corrected chi connectivity index (χ2v) is 11.1. The van der Waals surface area contributed by atoms with E-state index in [9.17, 15) is 31.5 Å². The van der Waals surface area contributed by atoms with Gasteiger partial charge in [0.15, 0.2) is 9.84 Å². The molecule has 1 unspecified atom stereocenters. The van der Waals surface area contributed by atoms with Crippen molar-refractivity contribution in [2.75, 3.05) is 12.4 Å². The number of amides is 1. The molecule has 1 aromatic heterocycles. The third-order valence-electron chi connectivity index (χ3n) is 5.97. The summed E-state index contributed by atoms with van der Waals surface area (Å²) in [6, 6.07) is 16.6.